The van der Waals surface area contributed by atoms with Gasteiger partial charge in [0.15, 0.2) is 0 Å². The van der Waals surface area contributed by atoms with E-state index in [0.717, 1.165) is 24.2 Å². The van der Waals surface area contributed by atoms with Crippen molar-refractivity contribution in [2.45, 2.75) is 109 Å². The quantitative estimate of drug-likeness (QED) is 0.0596. The molecular weight excluding hydrogens is 512 g/mol. The highest BCUT2D eigenvalue weighted by Gasteiger charge is 2.34. The van der Waals surface area contributed by atoms with E-state index in [4.69, 9.17) is 5.11 Å². The minimum absolute atomic E-state index is 0.237. The van der Waals surface area contributed by atoms with Crippen LogP contribution in [0.15, 0.2) is 0 Å². The van der Waals surface area contributed by atoms with Gasteiger partial charge in [-0.15, -0.1) is 0 Å². The van der Waals surface area contributed by atoms with Crippen LogP contribution in [0, 0.1) is 0 Å². The summed E-state index contributed by atoms with van der Waals surface area (Å²) in [7, 11) is 0. The topological polar surface area (TPSA) is 206 Å². The summed E-state index contributed by atoms with van der Waals surface area (Å²) in [5.41, 5.74) is 0. The molecule has 13 nitrogen and oxygen atoms in total. The van der Waals surface area contributed by atoms with Gasteiger partial charge in [-0.3, -0.25) is 34.2 Å². The molecule has 3 atom stereocenters. The highest BCUT2D eigenvalue weighted by Crippen LogP contribution is 2.11. The van der Waals surface area contributed by atoms with E-state index in [1.54, 1.807) is 6.92 Å². The van der Waals surface area contributed by atoms with Crippen molar-refractivity contribution in [1.29, 1.82) is 0 Å². The van der Waals surface area contributed by atoms with E-state index in [1.807, 2.05) is 0 Å². The van der Waals surface area contributed by atoms with Crippen LogP contribution in [0.25, 0.3) is 0 Å². The van der Waals surface area contributed by atoms with Crippen molar-refractivity contribution >= 4 is 29.8 Å². The summed E-state index contributed by atoms with van der Waals surface area (Å²) in [5, 5.41) is 45.4. The van der Waals surface area contributed by atoms with Gasteiger partial charge in [0.25, 0.3) is 0 Å². The Hall–Kier alpha value is -2.77. The van der Waals surface area contributed by atoms with E-state index in [2.05, 4.69) is 22.9 Å². The molecule has 0 aliphatic carbocycles. The Labute approximate surface area is 230 Å². The zero-order valence-corrected chi connectivity index (χ0v) is 23.3. The van der Waals surface area contributed by atoms with Crippen LogP contribution in [0.5, 0.6) is 0 Å². The molecule has 0 rings (SSSR count). The molecule has 1 amide bonds. The van der Waals surface area contributed by atoms with Gasteiger partial charge in [0.1, 0.15) is 0 Å². The Morgan fingerprint density at radius 2 is 1.21 bits per heavy atom. The minimum Gasteiger partial charge on any atom is -0.481 e. The van der Waals surface area contributed by atoms with Gasteiger partial charge in [0.05, 0.1) is 38.3 Å². The number of aliphatic carboxylic acids is 4. The first-order valence-corrected chi connectivity index (χ1v) is 13.9. The van der Waals surface area contributed by atoms with Crippen molar-refractivity contribution < 1.29 is 44.4 Å². The molecule has 0 saturated carbocycles. The van der Waals surface area contributed by atoms with Gasteiger partial charge in [-0.25, -0.2) is 0 Å². The number of unbranched alkanes of at least 4 members (excludes halogenated alkanes) is 9. The molecule has 0 aliphatic rings. The Morgan fingerprint density at radius 3 is 1.64 bits per heavy atom. The molecule has 0 aromatic rings. The summed E-state index contributed by atoms with van der Waals surface area (Å²) < 4.78 is 0. The first-order valence-electron chi connectivity index (χ1n) is 13.9. The summed E-state index contributed by atoms with van der Waals surface area (Å²) in [4.78, 5) is 59.5. The van der Waals surface area contributed by atoms with Crippen LogP contribution in [0.2, 0.25) is 0 Å². The lowest BCUT2D eigenvalue weighted by Gasteiger charge is -2.38. The normalized spacial score (nSPS) is 13.5. The zero-order chi connectivity index (χ0) is 29.6. The van der Waals surface area contributed by atoms with Gasteiger partial charge in [-0.2, -0.15) is 0 Å². The SMILES string of the molecule is CCCCCCCCCCCCNC(=O)C(CC(=O)O)NC(C(CC)NCC(=O)O)N(CC(=O)O)CC(=O)O. The third kappa shape index (κ3) is 19.0. The van der Waals surface area contributed by atoms with E-state index >= 15 is 0 Å². The Bertz CT molecular complexity index is 735. The van der Waals surface area contributed by atoms with Crippen molar-refractivity contribution in [1.82, 2.24) is 20.9 Å². The average molecular weight is 561 g/mol. The second kappa shape index (κ2) is 22.1. The fourth-order valence-electron chi connectivity index (χ4n) is 4.33. The van der Waals surface area contributed by atoms with Gasteiger partial charge >= 0.3 is 23.9 Å². The number of hydrogen-bond acceptors (Lipinski definition) is 8. The molecule has 3 unspecified atom stereocenters. The number of nitrogens with zero attached hydrogens (tertiary/aromatic N) is 1. The van der Waals surface area contributed by atoms with Crippen molar-refractivity contribution in [2.24, 2.45) is 0 Å². The maximum atomic E-state index is 12.9. The van der Waals surface area contributed by atoms with E-state index < -0.39 is 74.1 Å². The summed E-state index contributed by atoms with van der Waals surface area (Å²) in [6.45, 7) is 2.24. The van der Waals surface area contributed by atoms with Crippen molar-refractivity contribution in [3.05, 3.63) is 0 Å². The summed E-state index contributed by atoms with van der Waals surface area (Å²) in [5.74, 6) is -5.76. The summed E-state index contributed by atoms with van der Waals surface area (Å²) in [6.07, 6.45) is 9.65. The van der Waals surface area contributed by atoms with Crippen LogP contribution >= 0.6 is 0 Å². The van der Waals surface area contributed by atoms with Crippen LogP contribution in [0.1, 0.15) is 90.9 Å². The average Bonchev–Trinajstić information content (AvgIpc) is 2.84. The number of hydrogen-bond donors (Lipinski definition) is 7. The van der Waals surface area contributed by atoms with Crippen LogP contribution in [-0.2, 0) is 24.0 Å². The van der Waals surface area contributed by atoms with Gasteiger partial charge in [-0.05, 0) is 12.8 Å². The molecule has 0 radical (unpaired) electrons. The van der Waals surface area contributed by atoms with Gasteiger partial charge in [0.2, 0.25) is 5.91 Å². The predicted molar refractivity (Wildman–Crippen MR) is 144 cm³/mol. The fourth-order valence-corrected chi connectivity index (χ4v) is 4.33. The second-order valence-electron chi connectivity index (χ2n) is 9.72. The largest absolute Gasteiger partial charge is 0.481 e. The number of carbonyl (C=O) groups is 5. The molecule has 7 N–H and O–H groups in total. The van der Waals surface area contributed by atoms with E-state index in [9.17, 15) is 39.3 Å². The monoisotopic (exact) mass is 560 g/mol. The third-order valence-electron chi connectivity index (χ3n) is 6.30. The van der Waals surface area contributed by atoms with Crippen molar-refractivity contribution in [3.63, 3.8) is 0 Å². The molecule has 39 heavy (non-hydrogen) atoms. The molecule has 0 saturated heterocycles. The molecule has 226 valence electrons. The number of rotatable bonds is 26. The van der Waals surface area contributed by atoms with E-state index in [1.165, 1.54) is 38.5 Å². The second-order valence-corrected chi connectivity index (χ2v) is 9.72. The van der Waals surface area contributed by atoms with Gasteiger partial charge < -0.3 is 31.1 Å². The maximum Gasteiger partial charge on any atom is 0.317 e. The third-order valence-corrected chi connectivity index (χ3v) is 6.30. The van der Waals surface area contributed by atoms with Crippen LogP contribution < -0.4 is 16.0 Å². The maximum absolute atomic E-state index is 12.9. The van der Waals surface area contributed by atoms with E-state index in [0.29, 0.717) is 13.0 Å². The van der Waals surface area contributed by atoms with Crippen molar-refractivity contribution in [2.75, 3.05) is 26.2 Å². The Kier molecular flexibility index (Phi) is 20.5. The zero-order valence-electron chi connectivity index (χ0n) is 23.3. The van der Waals surface area contributed by atoms with Crippen molar-refractivity contribution in [3.8, 4) is 0 Å². The first kappa shape index (κ1) is 36.2. The highest BCUT2D eigenvalue weighted by atomic mass is 16.4. The standard InChI is InChI=1S/C26H48N4O9/c1-3-5-6-7-8-9-10-11-12-13-14-27-26(39)20(15-21(31)32)29-25(19(4-2)28-16-22(33)34)30(17-23(35)36)18-24(37)38/h19-20,25,28-29H,3-18H2,1-2H3,(H,27,39)(H,31,32)(H,33,34)(H,35,36)(H,37,38). The summed E-state index contributed by atoms with van der Waals surface area (Å²) in [6, 6.07) is -2.10. The fraction of sp³-hybridized carbons (Fsp3) is 0.808. The van der Waals surface area contributed by atoms with Crippen LogP contribution in [0.4, 0.5) is 0 Å². The lowest BCUT2D eigenvalue weighted by atomic mass is 10.1. The number of nitrogens with one attached hydrogen (secondary N) is 3. The Balaban J connectivity index is 5.24. The number of carbonyl (C=O) groups excluding carboxylic acids is 1. The first-order chi connectivity index (χ1) is 18.5. The number of carboxylic acids is 4. The van der Waals surface area contributed by atoms with Crippen LogP contribution in [-0.4, -0.2) is 99.5 Å². The lowest BCUT2D eigenvalue weighted by molar-refractivity contribution is -0.145. The number of amides is 1. The molecule has 0 aromatic heterocycles. The predicted octanol–water partition coefficient (Wildman–Crippen LogP) is 1.71. The molecule has 0 bridgehead atoms. The van der Waals surface area contributed by atoms with Gasteiger partial charge in [0, 0.05) is 12.6 Å². The Morgan fingerprint density at radius 1 is 0.692 bits per heavy atom. The molecule has 0 fully saturated rings. The molecule has 0 heterocycles. The lowest BCUT2D eigenvalue weighted by Crippen LogP contribution is -2.64. The molecular formula is C26H48N4O9. The highest BCUT2D eigenvalue weighted by molar-refractivity contribution is 5.86. The molecule has 0 aliphatic heterocycles. The molecule has 0 aromatic carbocycles. The molecule has 0 spiro atoms. The van der Waals surface area contributed by atoms with Gasteiger partial charge in [-0.1, -0.05) is 71.6 Å². The smallest absolute Gasteiger partial charge is 0.317 e. The minimum atomic E-state index is -1.34. The molecule has 13 heteroatoms. The summed E-state index contributed by atoms with van der Waals surface area (Å²) >= 11 is 0. The van der Waals surface area contributed by atoms with E-state index in [-0.39, 0.29) is 6.42 Å². The van der Waals surface area contributed by atoms with Crippen LogP contribution in [0.3, 0.4) is 0 Å². The number of carboxylic acid groups (broad SMARTS) is 4.